The molecule has 3 aliphatic carbocycles. The van der Waals surface area contributed by atoms with Crippen molar-refractivity contribution in [3.05, 3.63) is 80.9 Å². The topological polar surface area (TPSA) is 269 Å². The quantitative estimate of drug-likeness (QED) is 0.0674. The van der Waals surface area contributed by atoms with Crippen molar-refractivity contribution in [2.75, 3.05) is 0 Å². The second-order valence-corrected chi connectivity index (χ2v) is 14.7. The minimum atomic E-state index is -4.67. The summed E-state index contributed by atoms with van der Waals surface area (Å²) in [5.41, 5.74) is 0. The summed E-state index contributed by atoms with van der Waals surface area (Å²) in [5.74, 6) is -1.97. The molecule has 0 heterocycles. The van der Waals surface area contributed by atoms with Crippen molar-refractivity contribution in [2.24, 2.45) is 0 Å². The molecule has 27 heteroatoms. The number of ketones is 6. The van der Waals surface area contributed by atoms with E-state index in [0.717, 1.165) is 24.3 Å². The van der Waals surface area contributed by atoms with Crippen LogP contribution in [0.5, 0.6) is 11.5 Å². The van der Waals surface area contributed by atoms with E-state index in [1.807, 2.05) is 0 Å². The number of hydrogen-bond donors (Lipinski definition) is 4. The van der Waals surface area contributed by atoms with Gasteiger partial charge in [-0.1, -0.05) is 46.4 Å². The summed E-state index contributed by atoms with van der Waals surface area (Å²) in [5, 5.41) is 15.6. The Morgan fingerprint density at radius 3 is 0.980 bits per heavy atom. The zero-order valence-electron chi connectivity index (χ0n) is 23.7. The Morgan fingerprint density at radius 2 is 0.765 bits per heavy atom. The number of alkyl halides is 2. The first-order valence-electron chi connectivity index (χ1n) is 11.3. The fraction of sp³-hybridized carbons (Fsp3) is 0.0833. The number of rotatable bonds is 0. The molecule has 0 spiro atoms. The number of hydrogen-bond acceptors (Lipinski definition) is 13. The van der Waals surface area contributed by atoms with Crippen molar-refractivity contribution in [3.63, 3.8) is 0 Å². The van der Waals surface area contributed by atoms with Crippen molar-refractivity contribution in [1.82, 2.24) is 0 Å². The molecule has 1 radical (unpaired) electrons. The number of allylic oxidation sites excluding steroid dienone is 10. The predicted molar refractivity (Wildman–Crippen MR) is 180 cm³/mol. The van der Waals surface area contributed by atoms with Gasteiger partial charge in [0, 0.05) is 43.7 Å². The average Bonchev–Trinajstić information content (AvgIpc) is 3.01. The van der Waals surface area contributed by atoms with Gasteiger partial charge in [0.25, 0.3) is 0 Å². The van der Waals surface area contributed by atoms with Crippen molar-refractivity contribution < 1.29 is 112 Å². The molecule has 0 saturated carbocycles. The minimum absolute atomic E-state index is 0. The SMILES string of the molecule is O=C1C=CC(=O)C(Cl)=C1Cl.O=C1C=CC(=O)C(Cl)C1Cl.O=C1C=CC(=O)C=C1.O=S(=O)(Cl)Cl.O=S(=O)(O)O.Oc1ccc(O)c(Cl)c1Cl.[Ag].[O]=[Ag]. The average molecular weight is 1110 g/mol. The van der Waals surface area contributed by atoms with Gasteiger partial charge in [-0.25, -0.2) is 0 Å². The maximum atomic E-state index is 10.7. The maximum absolute atomic E-state index is 10.7. The van der Waals surface area contributed by atoms with Gasteiger partial charge in [0.1, 0.15) is 42.4 Å². The molecule has 1 aromatic rings. The Balaban J connectivity index is -0.000000261. The molecule has 4 N–H and O–H groups in total. The summed E-state index contributed by atoms with van der Waals surface area (Å²) in [6.45, 7) is 0. The Labute approximate surface area is 355 Å². The molecule has 51 heavy (non-hydrogen) atoms. The van der Waals surface area contributed by atoms with Gasteiger partial charge >= 0.3 is 43.0 Å². The number of aromatic hydroxyl groups is 2. The van der Waals surface area contributed by atoms with Crippen LogP contribution in [0.1, 0.15) is 0 Å². The molecular formula is C24H16Ag2Cl8O15S2. The Bertz CT molecular complexity index is 1670. The van der Waals surface area contributed by atoms with Gasteiger partial charge in [-0.2, -0.15) is 16.8 Å². The molecule has 0 amide bonds. The molecule has 0 bridgehead atoms. The first-order chi connectivity index (χ1) is 22.7. The van der Waals surface area contributed by atoms with Crippen LogP contribution in [-0.4, -0.2) is 81.6 Å². The van der Waals surface area contributed by atoms with E-state index in [9.17, 15) is 28.8 Å². The fourth-order valence-electron chi connectivity index (χ4n) is 2.12. The molecule has 2 unspecified atom stereocenters. The zero-order valence-corrected chi connectivity index (χ0v) is 34.3. The Morgan fingerprint density at radius 1 is 0.549 bits per heavy atom. The van der Waals surface area contributed by atoms with E-state index in [1.54, 1.807) is 21.0 Å². The standard InChI is InChI=1S/2C6H4Cl2O2.C6H2Cl2O2.C6H4O2.2Ag.Cl2O2S.H2O4S.O/c3*7-5-3(9)1-2-4(10)6(5)8;7-5-1-2-6(8)4-3-5;;;2*1-5(2,3)4;/h1-2,9-10H;1-2,5-6H;1-2H;1-4H;;;;(H2,1,2,3,4);. The number of phenols is 2. The number of carbonyl (C=O) groups excluding carboxylic acids is 6. The zero-order chi connectivity index (χ0) is 40.2. The molecule has 15 nitrogen and oxygen atoms in total. The van der Waals surface area contributed by atoms with Gasteiger partial charge < -0.3 is 10.2 Å². The molecule has 292 valence electrons. The first kappa shape index (κ1) is 56.7. The van der Waals surface area contributed by atoms with E-state index < -0.39 is 41.0 Å². The summed E-state index contributed by atoms with van der Waals surface area (Å²) in [4.78, 5) is 63.2. The number of carbonyl (C=O) groups is 6. The van der Waals surface area contributed by atoms with Gasteiger partial charge in [0.05, 0.1) is 0 Å². The Hall–Kier alpha value is -1.04. The van der Waals surface area contributed by atoms with Crippen LogP contribution in [0.2, 0.25) is 10.0 Å². The molecule has 0 saturated heterocycles. The molecule has 0 aliphatic heterocycles. The third-order valence-corrected chi connectivity index (χ3v) is 6.86. The van der Waals surface area contributed by atoms with Gasteiger partial charge in [0.15, 0.2) is 34.7 Å². The van der Waals surface area contributed by atoms with E-state index in [1.165, 1.54) is 36.4 Å². The number of halogens is 8. The van der Waals surface area contributed by atoms with Gasteiger partial charge in [0.2, 0.25) is 0 Å². The molecule has 1 aromatic carbocycles. The van der Waals surface area contributed by atoms with Crippen LogP contribution in [0, 0.1) is 0 Å². The van der Waals surface area contributed by atoms with E-state index >= 15 is 0 Å². The monoisotopic (exact) mass is 1100 g/mol. The van der Waals surface area contributed by atoms with E-state index in [-0.39, 0.29) is 77.1 Å². The summed E-state index contributed by atoms with van der Waals surface area (Å²) < 4.78 is 58.0. The van der Waals surface area contributed by atoms with Crippen molar-refractivity contribution >= 4 is 144 Å². The van der Waals surface area contributed by atoms with Crippen molar-refractivity contribution in [2.45, 2.75) is 10.8 Å². The number of benzene rings is 1. The second kappa shape index (κ2) is 28.4. The summed E-state index contributed by atoms with van der Waals surface area (Å²) in [6, 6.07) is 2.53. The van der Waals surface area contributed by atoms with Crippen LogP contribution in [0.3, 0.4) is 0 Å². The summed E-state index contributed by atoms with van der Waals surface area (Å²) >= 11 is 34.2. The van der Waals surface area contributed by atoms with Crippen LogP contribution in [-0.2, 0) is 94.1 Å². The van der Waals surface area contributed by atoms with Gasteiger partial charge in [-0.05, 0) is 60.7 Å². The van der Waals surface area contributed by atoms with Crippen LogP contribution >= 0.6 is 91.0 Å². The summed E-state index contributed by atoms with van der Waals surface area (Å²) in [7, 11) is 0.147. The Kier molecular flexibility index (Phi) is 31.6. The molecule has 3 aliphatic rings. The first-order valence-corrected chi connectivity index (χ1v) is 18.8. The normalized spacial score (nSPS) is 17.2. The predicted octanol–water partition coefficient (Wildman–Crippen LogP) is 4.88. The molecular weight excluding hydrogens is 1090 g/mol. The van der Waals surface area contributed by atoms with E-state index in [2.05, 4.69) is 21.4 Å². The third kappa shape index (κ3) is 30.0. The molecule has 0 aromatic heterocycles. The van der Waals surface area contributed by atoms with Crippen LogP contribution < -0.4 is 0 Å². The third-order valence-electron chi connectivity index (χ3n) is 4.09. The molecule has 0 fully saturated rings. The van der Waals surface area contributed by atoms with Crippen LogP contribution in [0.4, 0.5) is 0 Å². The van der Waals surface area contributed by atoms with Crippen LogP contribution in [0.15, 0.2) is 70.8 Å². The number of phenolic OH excluding ortho intramolecular Hbond substituents is 2. The second-order valence-electron chi connectivity index (χ2n) is 7.66. The van der Waals surface area contributed by atoms with Crippen molar-refractivity contribution in [1.29, 1.82) is 0 Å². The van der Waals surface area contributed by atoms with E-state index in [4.69, 9.17) is 109 Å². The van der Waals surface area contributed by atoms with Crippen LogP contribution in [0.25, 0.3) is 0 Å². The van der Waals surface area contributed by atoms with Crippen molar-refractivity contribution in [3.8, 4) is 11.5 Å². The fourth-order valence-corrected chi connectivity index (χ4v) is 3.14. The van der Waals surface area contributed by atoms with Gasteiger partial charge in [-0.15, -0.1) is 23.2 Å². The molecule has 2 atom stereocenters. The van der Waals surface area contributed by atoms with Gasteiger partial charge in [-0.3, -0.25) is 37.9 Å². The molecule has 4 rings (SSSR count). The van der Waals surface area contributed by atoms with E-state index in [0.29, 0.717) is 0 Å². The summed E-state index contributed by atoms with van der Waals surface area (Å²) in [6.07, 6.45) is 9.50.